The number of fused-ring (bicyclic) bond motifs is 1. The molecule has 4 rings (SSSR count). The minimum absolute atomic E-state index is 0.121. The van der Waals surface area contributed by atoms with Gasteiger partial charge in [-0.25, -0.2) is 14.6 Å². The van der Waals surface area contributed by atoms with Gasteiger partial charge in [-0.15, -0.1) is 11.3 Å². The van der Waals surface area contributed by atoms with E-state index in [0.29, 0.717) is 26.9 Å². The molecule has 2 atom stereocenters. The number of aliphatic hydroxyl groups excluding tert-OH is 1. The third kappa shape index (κ3) is 4.44. The van der Waals surface area contributed by atoms with Crippen molar-refractivity contribution in [2.45, 2.75) is 58.6 Å². The number of nitrogens with zero attached hydrogens (tertiary/aromatic N) is 3. The number of anilines is 1. The number of rotatable bonds is 8. The van der Waals surface area contributed by atoms with Crippen molar-refractivity contribution < 1.29 is 29.0 Å². The molecule has 0 radical (unpaired) electrons. The van der Waals surface area contributed by atoms with Crippen molar-refractivity contribution in [3.63, 3.8) is 0 Å². The van der Waals surface area contributed by atoms with Crippen molar-refractivity contribution in [1.82, 2.24) is 9.88 Å². The van der Waals surface area contributed by atoms with Crippen LogP contribution in [0, 0.1) is 6.92 Å². The second-order valence-electron chi connectivity index (χ2n) is 9.20. The second-order valence-corrected chi connectivity index (χ2v) is 10.2. The number of aliphatic hydroxyl groups is 1. The first-order valence-electron chi connectivity index (χ1n) is 11.3. The summed E-state index contributed by atoms with van der Waals surface area (Å²) in [6.45, 7) is 8.55. The van der Waals surface area contributed by atoms with E-state index in [1.165, 1.54) is 42.5 Å². The molecule has 3 aromatic rings. The van der Waals surface area contributed by atoms with Crippen LogP contribution in [-0.2, 0) is 9.53 Å². The summed E-state index contributed by atoms with van der Waals surface area (Å²) in [5.41, 5.74) is 0.329. The zero-order valence-electron chi connectivity index (χ0n) is 20.3. The molecule has 2 N–H and O–H groups in total. The topological polar surface area (TPSA) is 116 Å². The Labute approximate surface area is 207 Å². The van der Waals surface area contributed by atoms with E-state index in [1.54, 1.807) is 6.92 Å². The summed E-state index contributed by atoms with van der Waals surface area (Å²) in [5.74, 6) is -0.865. The highest BCUT2D eigenvalue weighted by molar-refractivity contribution is 7.20. The van der Waals surface area contributed by atoms with Gasteiger partial charge in [0, 0.05) is 5.56 Å². The molecular weight excluding hydrogens is 470 g/mol. The number of hydrogen-bond acceptors (Lipinski definition) is 7. The predicted molar refractivity (Wildman–Crippen MR) is 131 cm³/mol. The SMILES string of the molecule is Cc1c(-c2ncco2)sc2c1C(O)N(C(C)(C)C(=O)O)C(=O)N2C[C@@H](OC(C)C)c1ccccc1. The van der Waals surface area contributed by atoms with Gasteiger partial charge in [0.05, 0.1) is 23.7 Å². The number of carboxylic acid groups (broad SMARTS) is 1. The van der Waals surface area contributed by atoms with E-state index in [-0.39, 0.29) is 12.6 Å². The van der Waals surface area contributed by atoms with Crippen LogP contribution in [0.25, 0.3) is 10.8 Å². The van der Waals surface area contributed by atoms with E-state index < -0.39 is 29.9 Å². The molecule has 10 heteroatoms. The lowest BCUT2D eigenvalue weighted by Crippen LogP contribution is -2.61. The third-order valence-electron chi connectivity index (χ3n) is 6.07. The Morgan fingerprint density at radius 1 is 1.29 bits per heavy atom. The van der Waals surface area contributed by atoms with Crippen LogP contribution >= 0.6 is 11.3 Å². The van der Waals surface area contributed by atoms with Gasteiger partial charge in [0.2, 0.25) is 5.89 Å². The third-order valence-corrected chi connectivity index (χ3v) is 7.39. The van der Waals surface area contributed by atoms with Gasteiger partial charge in [0.1, 0.15) is 22.9 Å². The highest BCUT2D eigenvalue weighted by Gasteiger charge is 2.50. The number of ether oxygens (including phenoxy) is 1. The molecule has 2 amide bonds. The molecule has 1 aliphatic heterocycles. The number of thiophene rings is 1. The van der Waals surface area contributed by atoms with Crippen molar-refractivity contribution in [3.8, 4) is 10.8 Å². The number of hydrogen-bond donors (Lipinski definition) is 2. The first-order chi connectivity index (χ1) is 16.5. The average Bonchev–Trinajstić information content (AvgIpc) is 3.44. The summed E-state index contributed by atoms with van der Waals surface area (Å²) in [6, 6.07) is 8.93. The van der Waals surface area contributed by atoms with E-state index in [1.807, 2.05) is 44.2 Å². The lowest BCUT2D eigenvalue weighted by molar-refractivity contribution is -0.153. The maximum absolute atomic E-state index is 13.8. The second kappa shape index (κ2) is 9.44. The normalized spacial score (nSPS) is 17.1. The van der Waals surface area contributed by atoms with Gasteiger partial charge in [-0.1, -0.05) is 30.3 Å². The van der Waals surface area contributed by atoms with Gasteiger partial charge in [-0.3, -0.25) is 9.80 Å². The minimum atomic E-state index is -1.68. The lowest BCUT2D eigenvalue weighted by Gasteiger charge is -2.45. The van der Waals surface area contributed by atoms with Crippen LogP contribution in [0.1, 0.15) is 56.7 Å². The number of carboxylic acids is 1. The summed E-state index contributed by atoms with van der Waals surface area (Å²) >= 11 is 1.27. The Morgan fingerprint density at radius 2 is 1.97 bits per heavy atom. The van der Waals surface area contributed by atoms with Crippen LogP contribution in [0.3, 0.4) is 0 Å². The van der Waals surface area contributed by atoms with E-state index in [2.05, 4.69) is 4.98 Å². The van der Waals surface area contributed by atoms with Gasteiger partial charge in [0.15, 0.2) is 6.23 Å². The number of carbonyl (C=O) groups excluding carboxylic acids is 1. The zero-order valence-corrected chi connectivity index (χ0v) is 21.1. The molecular formula is C25H29N3O6S. The molecule has 1 unspecified atom stereocenters. The quantitative estimate of drug-likeness (QED) is 0.449. The fourth-order valence-corrected chi connectivity index (χ4v) is 5.48. The number of aromatic nitrogens is 1. The highest BCUT2D eigenvalue weighted by atomic mass is 32.1. The first-order valence-corrected chi connectivity index (χ1v) is 12.1. The molecule has 0 saturated heterocycles. The van der Waals surface area contributed by atoms with Crippen LogP contribution in [-0.4, -0.2) is 50.3 Å². The van der Waals surface area contributed by atoms with Gasteiger partial charge < -0.3 is 19.4 Å². The number of urea groups is 1. The van der Waals surface area contributed by atoms with Crippen LogP contribution in [0.15, 0.2) is 47.2 Å². The Kier molecular flexibility index (Phi) is 6.72. The fourth-order valence-electron chi connectivity index (χ4n) is 4.20. The van der Waals surface area contributed by atoms with E-state index in [4.69, 9.17) is 9.15 Å². The molecule has 0 saturated carbocycles. The van der Waals surface area contributed by atoms with Gasteiger partial charge in [-0.2, -0.15) is 0 Å². The van der Waals surface area contributed by atoms with Crippen LogP contribution in [0.2, 0.25) is 0 Å². The standard InChI is InChI=1S/C25H29N3O6S/c1-14(2)34-17(16-9-7-6-8-10-16)13-27-22-18(15(3)19(35-22)20-26-11-12-33-20)21(29)28(24(27)32)25(4,5)23(30)31/h6-12,14,17,21,29H,13H2,1-5H3,(H,30,31)/t17-,21?/m1/s1. The predicted octanol–water partition coefficient (Wildman–Crippen LogP) is 4.97. The monoisotopic (exact) mass is 499 g/mol. The van der Waals surface area contributed by atoms with Gasteiger partial charge >= 0.3 is 12.0 Å². The minimum Gasteiger partial charge on any atom is -0.480 e. The van der Waals surface area contributed by atoms with Crippen molar-refractivity contribution in [2.24, 2.45) is 0 Å². The molecule has 0 spiro atoms. The maximum Gasteiger partial charge on any atom is 0.329 e. The smallest absolute Gasteiger partial charge is 0.329 e. The van der Waals surface area contributed by atoms with E-state index in [9.17, 15) is 19.8 Å². The lowest BCUT2D eigenvalue weighted by atomic mass is 9.98. The Balaban J connectivity index is 1.86. The van der Waals surface area contributed by atoms with Crippen molar-refractivity contribution in [3.05, 3.63) is 59.5 Å². The number of carbonyl (C=O) groups is 2. The van der Waals surface area contributed by atoms with Crippen molar-refractivity contribution in [1.29, 1.82) is 0 Å². The molecule has 2 aromatic heterocycles. The number of aliphatic carboxylic acids is 1. The molecule has 0 bridgehead atoms. The summed E-state index contributed by atoms with van der Waals surface area (Å²) in [5, 5.41) is 21.7. The van der Waals surface area contributed by atoms with Gasteiger partial charge in [0.25, 0.3) is 0 Å². The molecule has 0 fully saturated rings. The van der Waals surface area contributed by atoms with Crippen molar-refractivity contribution in [2.75, 3.05) is 11.4 Å². The van der Waals surface area contributed by atoms with Gasteiger partial charge in [-0.05, 0) is 45.7 Å². The fraction of sp³-hybridized carbons (Fsp3) is 0.400. The van der Waals surface area contributed by atoms with Crippen LogP contribution < -0.4 is 4.90 Å². The summed E-state index contributed by atoms with van der Waals surface area (Å²) in [7, 11) is 0. The molecule has 3 heterocycles. The summed E-state index contributed by atoms with van der Waals surface area (Å²) < 4.78 is 11.7. The van der Waals surface area contributed by atoms with E-state index >= 15 is 0 Å². The van der Waals surface area contributed by atoms with Crippen molar-refractivity contribution >= 4 is 28.3 Å². The highest BCUT2D eigenvalue weighted by Crippen LogP contribution is 2.50. The molecule has 0 aliphatic carbocycles. The molecule has 186 valence electrons. The average molecular weight is 500 g/mol. The molecule has 35 heavy (non-hydrogen) atoms. The Hall–Kier alpha value is -3.21. The maximum atomic E-state index is 13.8. The van der Waals surface area contributed by atoms with Crippen LogP contribution in [0.4, 0.5) is 9.80 Å². The largest absolute Gasteiger partial charge is 0.480 e. The zero-order chi connectivity index (χ0) is 25.5. The first kappa shape index (κ1) is 24.9. The number of amides is 2. The molecule has 1 aromatic carbocycles. The summed E-state index contributed by atoms with van der Waals surface area (Å²) in [6.07, 6.45) is 0.916. The number of oxazole rings is 1. The molecule has 9 nitrogen and oxygen atoms in total. The molecule has 1 aliphatic rings. The number of benzene rings is 1. The summed E-state index contributed by atoms with van der Waals surface area (Å²) in [4.78, 5) is 33.4. The Morgan fingerprint density at radius 3 is 2.54 bits per heavy atom. The van der Waals surface area contributed by atoms with E-state index in [0.717, 1.165) is 10.5 Å². The Bertz CT molecular complexity index is 1210. The van der Waals surface area contributed by atoms with Crippen LogP contribution in [0.5, 0.6) is 0 Å².